The highest BCUT2D eigenvalue weighted by Gasteiger charge is 2.75. The molecule has 13 heteroatoms. The summed E-state index contributed by atoms with van der Waals surface area (Å²) in [5.74, 6) is -5.10. The smallest absolute Gasteiger partial charge is 0.321 e. The number of esters is 1. The molecule has 4 aliphatic carbocycles. The number of allylic oxidation sites excluding steroid dienone is 4. The molecule has 3 saturated carbocycles. The molecule has 0 aromatic carbocycles. The molecule has 0 amide bonds. The SMILES string of the molecule is C[C@@H]1C[C@H]2[C@@H]3CCC4=CC(=O)C=C[C@]4(C)[C@@]3(F)[C@@H](O)C[C@]2(C)[C@@]1(O)C(=O)COC(=O)C[C@H](N)C(=O)O.Cl.Cl.Cl. The minimum Gasteiger partial charge on any atom is -0.480 e. The molecule has 4 aliphatic rings. The Hall–Kier alpha value is -1.56. The van der Waals surface area contributed by atoms with E-state index in [0.717, 1.165) is 0 Å². The molecule has 9 atom stereocenters. The summed E-state index contributed by atoms with van der Waals surface area (Å²) < 4.78 is 22.1. The molecule has 0 heterocycles. The van der Waals surface area contributed by atoms with Crippen molar-refractivity contribution in [2.75, 3.05) is 6.61 Å². The van der Waals surface area contributed by atoms with Crippen LogP contribution in [0.3, 0.4) is 0 Å². The molecular weight excluding hydrogens is 580 g/mol. The van der Waals surface area contributed by atoms with Gasteiger partial charge < -0.3 is 25.8 Å². The van der Waals surface area contributed by atoms with Gasteiger partial charge in [0.15, 0.2) is 18.1 Å². The van der Waals surface area contributed by atoms with E-state index in [1.165, 1.54) is 12.2 Å². The van der Waals surface area contributed by atoms with Crippen LogP contribution >= 0.6 is 37.2 Å². The lowest BCUT2D eigenvalue weighted by atomic mass is 9.44. The number of ether oxygens (including phenoxy) is 1. The first-order valence-electron chi connectivity index (χ1n) is 12.3. The fourth-order valence-corrected chi connectivity index (χ4v) is 7.72. The summed E-state index contributed by atoms with van der Waals surface area (Å²) in [5, 5.41) is 32.0. The maximum Gasteiger partial charge on any atom is 0.321 e. The number of carbonyl (C=O) groups excluding carboxylic acids is 3. The van der Waals surface area contributed by atoms with Crippen molar-refractivity contribution in [2.24, 2.45) is 34.3 Å². The Balaban J connectivity index is 0.00000253. The largest absolute Gasteiger partial charge is 0.480 e. The van der Waals surface area contributed by atoms with Crippen LogP contribution in [-0.4, -0.2) is 68.8 Å². The number of aliphatic hydroxyl groups excluding tert-OH is 1. The van der Waals surface area contributed by atoms with Crippen molar-refractivity contribution in [3.8, 4) is 0 Å². The van der Waals surface area contributed by atoms with Gasteiger partial charge in [0.25, 0.3) is 0 Å². The zero-order valence-corrected chi connectivity index (χ0v) is 24.4. The Morgan fingerprint density at radius 2 is 1.82 bits per heavy atom. The molecule has 39 heavy (non-hydrogen) atoms. The summed E-state index contributed by atoms with van der Waals surface area (Å²) in [6.45, 7) is 4.27. The number of fused-ring (bicyclic) bond motifs is 5. The minimum absolute atomic E-state index is 0. The maximum absolute atomic E-state index is 17.1. The van der Waals surface area contributed by atoms with Gasteiger partial charge in [-0.15, -0.1) is 37.2 Å². The van der Waals surface area contributed by atoms with E-state index in [4.69, 9.17) is 15.6 Å². The van der Waals surface area contributed by atoms with Crippen LogP contribution in [0.1, 0.15) is 52.9 Å². The van der Waals surface area contributed by atoms with Crippen molar-refractivity contribution in [1.82, 2.24) is 0 Å². The van der Waals surface area contributed by atoms with E-state index < -0.39 is 82.7 Å². The summed E-state index contributed by atoms with van der Waals surface area (Å²) in [7, 11) is 0. The molecule has 3 fully saturated rings. The third-order valence-electron chi connectivity index (χ3n) is 9.72. The third kappa shape index (κ3) is 4.95. The first-order valence-corrected chi connectivity index (χ1v) is 12.3. The van der Waals surface area contributed by atoms with E-state index in [1.807, 2.05) is 0 Å². The molecule has 0 aliphatic heterocycles. The van der Waals surface area contributed by atoms with Gasteiger partial charge >= 0.3 is 11.9 Å². The van der Waals surface area contributed by atoms with Gasteiger partial charge in [-0.1, -0.05) is 25.5 Å². The van der Waals surface area contributed by atoms with Crippen LogP contribution in [0.25, 0.3) is 0 Å². The number of halogens is 4. The number of carbonyl (C=O) groups is 4. The standard InChI is InChI=1S/C26H34FNO8.3ClH/c1-13-8-17-16-5-4-14-9-15(29)6-7-23(14,2)25(16,27)19(30)11-24(17,3)26(13,35)20(31)12-36-21(32)10-18(28)22(33)34;;;/h6-7,9,13,16-19,30,35H,4-5,8,10-12,28H2,1-3H3,(H,33,34);3*1H/t13-,16+,17+,18+,19+,23+,24+,25+,26+;;;/m1.../s1. The van der Waals surface area contributed by atoms with Crippen LogP contribution < -0.4 is 5.73 Å². The Bertz CT molecular complexity index is 1090. The van der Waals surface area contributed by atoms with E-state index in [0.29, 0.717) is 24.8 Å². The number of hydrogen-bond acceptors (Lipinski definition) is 8. The van der Waals surface area contributed by atoms with Gasteiger partial charge in [0.05, 0.1) is 12.5 Å². The maximum atomic E-state index is 17.1. The lowest BCUT2D eigenvalue weighted by molar-refractivity contribution is -0.220. The summed E-state index contributed by atoms with van der Waals surface area (Å²) >= 11 is 0. The predicted molar refractivity (Wildman–Crippen MR) is 146 cm³/mol. The quantitative estimate of drug-likeness (QED) is 0.328. The van der Waals surface area contributed by atoms with E-state index in [-0.39, 0.29) is 49.4 Å². The van der Waals surface area contributed by atoms with Crippen LogP contribution in [0.4, 0.5) is 4.39 Å². The number of rotatable bonds is 6. The fraction of sp³-hybridized carbons (Fsp3) is 0.692. The minimum atomic E-state index is -2.09. The molecule has 0 unspecified atom stereocenters. The van der Waals surface area contributed by atoms with Gasteiger partial charge in [0.2, 0.25) is 5.78 Å². The van der Waals surface area contributed by atoms with Crippen molar-refractivity contribution in [1.29, 1.82) is 0 Å². The lowest BCUT2D eigenvalue weighted by Crippen LogP contribution is -2.69. The average Bonchev–Trinajstić information content (AvgIpc) is 3.00. The monoisotopic (exact) mass is 615 g/mol. The van der Waals surface area contributed by atoms with Crippen molar-refractivity contribution >= 4 is 60.7 Å². The third-order valence-corrected chi connectivity index (χ3v) is 9.72. The van der Waals surface area contributed by atoms with Gasteiger partial charge in [0.1, 0.15) is 11.6 Å². The molecule has 0 aromatic rings. The van der Waals surface area contributed by atoms with Crippen molar-refractivity contribution in [3.05, 3.63) is 23.8 Å². The Morgan fingerprint density at radius 1 is 1.21 bits per heavy atom. The van der Waals surface area contributed by atoms with E-state index in [9.17, 15) is 29.4 Å². The van der Waals surface area contributed by atoms with Gasteiger partial charge in [0, 0.05) is 16.7 Å². The van der Waals surface area contributed by atoms with Crippen LogP contribution in [0.2, 0.25) is 0 Å². The van der Waals surface area contributed by atoms with Crippen molar-refractivity contribution in [2.45, 2.75) is 76.3 Å². The number of Topliss-reactive ketones (excluding diaryl/α,β-unsaturated/α-hetero) is 1. The van der Waals surface area contributed by atoms with Gasteiger partial charge in [-0.3, -0.25) is 19.2 Å². The second kappa shape index (κ2) is 11.7. The fourth-order valence-electron chi connectivity index (χ4n) is 7.72. The predicted octanol–water partition coefficient (Wildman–Crippen LogP) is 2.51. The van der Waals surface area contributed by atoms with Crippen LogP contribution in [0, 0.1) is 28.6 Å². The normalized spacial score (nSPS) is 40.7. The van der Waals surface area contributed by atoms with Crippen LogP contribution in [-0.2, 0) is 23.9 Å². The zero-order chi connectivity index (χ0) is 26.8. The van der Waals surface area contributed by atoms with E-state index >= 15 is 4.39 Å². The van der Waals surface area contributed by atoms with Crippen LogP contribution in [0.15, 0.2) is 23.8 Å². The van der Waals surface area contributed by atoms with Crippen LogP contribution in [0.5, 0.6) is 0 Å². The topological polar surface area (TPSA) is 164 Å². The molecular formula is C26H37Cl3FNO8. The molecule has 9 nitrogen and oxygen atoms in total. The molecule has 0 spiro atoms. The number of carboxylic acids is 1. The highest BCUT2D eigenvalue weighted by atomic mass is 35.5. The zero-order valence-electron chi connectivity index (χ0n) is 21.9. The Labute approximate surface area is 245 Å². The van der Waals surface area contributed by atoms with Gasteiger partial charge in [-0.05, 0) is 56.6 Å². The lowest BCUT2D eigenvalue weighted by Gasteiger charge is -2.62. The summed E-state index contributed by atoms with van der Waals surface area (Å²) in [4.78, 5) is 48.1. The van der Waals surface area contributed by atoms with E-state index in [1.54, 1.807) is 26.8 Å². The molecule has 4 rings (SSSR count). The Kier molecular flexibility index (Phi) is 10.7. The van der Waals surface area contributed by atoms with Gasteiger partial charge in [-0.2, -0.15) is 0 Å². The number of nitrogens with two attached hydrogens (primary N) is 1. The summed E-state index contributed by atoms with van der Waals surface area (Å²) in [6, 6.07) is -1.48. The second-order valence-electron chi connectivity index (χ2n) is 11.4. The number of aliphatic carboxylic acids is 1. The first-order chi connectivity index (χ1) is 16.6. The Morgan fingerprint density at radius 3 is 2.41 bits per heavy atom. The average molecular weight is 617 g/mol. The number of aliphatic hydroxyl groups is 2. The molecule has 5 N–H and O–H groups in total. The highest BCUT2D eigenvalue weighted by molar-refractivity contribution is 6.01. The number of hydrogen-bond donors (Lipinski definition) is 4. The summed E-state index contributed by atoms with van der Waals surface area (Å²) in [5.41, 5.74) is -0.495. The van der Waals surface area contributed by atoms with Crippen molar-refractivity contribution in [3.63, 3.8) is 0 Å². The number of carboxylic acid groups (broad SMARTS) is 1. The van der Waals surface area contributed by atoms with Gasteiger partial charge in [-0.25, -0.2) is 4.39 Å². The number of alkyl halides is 1. The van der Waals surface area contributed by atoms with Crippen molar-refractivity contribution < 1.29 is 43.6 Å². The summed E-state index contributed by atoms with van der Waals surface area (Å²) in [6.07, 6.45) is 3.12. The molecule has 222 valence electrons. The highest BCUT2D eigenvalue weighted by Crippen LogP contribution is 2.70. The first kappa shape index (κ1) is 35.5. The number of ketones is 2. The second-order valence-corrected chi connectivity index (χ2v) is 11.4. The van der Waals surface area contributed by atoms with E-state index in [2.05, 4.69) is 0 Å². The molecule has 0 bridgehead atoms. The molecule has 0 radical (unpaired) electrons. The molecule has 0 saturated heterocycles. The molecule has 0 aromatic heterocycles.